The van der Waals surface area contributed by atoms with Crippen LogP contribution < -0.4 is 11.3 Å². The largest absolute Gasteiger partial charge is 0.394 e. The summed E-state index contributed by atoms with van der Waals surface area (Å²) in [6, 6.07) is 0. The first-order chi connectivity index (χ1) is 9.52. The molecule has 9 nitrogen and oxygen atoms in total. The Bertz CT molecular complexity index is 696. The number of rotatable bonds is 2. The lowest BCUT2D eigenvalue weighted by Gasteiger charge is -2.16. The number of imidazole rings is 1. The van der Waals surface area contributed by atoms with Crippen molar-refractivity contribution in [3.8, 4) is 0 Å². The molecular formula is C11H15N5O4. The van der Waals surface area contributed by atoms with Gasteiger partial charge in [0.1, 0.15) is 6.10 Å². The predicted molar refractivity (Wildman–Crippen MR) is 68.7 cm³/mol. The van der Waals surface area contributed by atoms with E-state index in [-0.39, 0.29) is 29.6 Å². The molecule has 1 fully saturated rings. The lowest BCUT2D eigenvalue weighted by molar-refractivity contribution is -0.0491. The van der Waals surface area contributed by atoms with Gasteiger partial charge in [0.05, 0.1) is 19.0 Å². The summed E-state index contributed by atoms with van der Waals surface area (Å²) in [5.41, 5.74) is 5.42. The van der Waals surface area contributed by atoms with E-state index >= 15 is 0 Å². The SMILES string of the molecule is CC1[C@@H](O)[C@H](n2cnc3c(=O)[nH]c(N)nc32)O[C@@H]1CO. The fourth-order valence-corrected chi connectivity index (χ4v) is 2.43. The Morgan fingerprint density at radius 2 is 2.35 bits per heavy atom. The van der Waals surface area contributed by atoms with Gasteiger partial charge in [0, 0.05) is 5.92 Å². The number of hydrogen-bond acceptors (Lipinski definition) is 7. The number of H-pyrrole nitrogens is 1. The summed E-state index contributed by atoms with van der Waals surface area (Å²) in [5, 5.41) is 19.4. The maximum Gasteiger partial charge on any atom is 0.280 e. The molecule has 0 bridgehead atoms. The zero-order chi connectivity index (χ0) is 14.4. The highest BCUT2D eigenvalue weighted by Gasteiger charge is 2.42. The second-order valence-electron chi connectivity index (χ2n) is 4.87. The van der Waals surface area contributed by atoms with Crippen molar-refractivity contribution in [2.24, 2.45) is 5.92 Å². The molecule has 4 atom stereocenters. The van der Waals surface area contributed by atoms with E-state index in [9.17, 15) is 15.0 Å². The van der Waals surface area contributed by atoms with Gasteiger partial charge in [0.25, 0.3) is 5.56 Å². The molecule has 1 unspecified atom stereocenters. The van der Waals surface area contributed by atoms with Gasteiger partial charge in [-0.15, -0.1) is 0 Å². The van der Waals surface area contributed by atoms with E-state index in [2.05, 4.69) is 15.0 Å². The van der Waals surface area contributed by atoms with Gasteiger partial charge in [-0.2, -0.15) is 4.98 Å². The van der Waals surface area contributed by atoms with E-state index in [0.717, 1.165) is 0 Å². The lowest BCUT2D eigenvalue weighted by Crippen LogP contribution is -2.25. The molecule has 0 amide bonds. The van der Waals surface area contributed by atoms with Gasteiger partial charge in [-0.25, -0.2) is 4.98 Å². The van der Waals surface area contributed by atoms with Crippen molar-refractivity contribution in [2.75, 3.05) is 12.3 Å². The molecule has 0 aliphatic carbocycles. The third kappa shape index (κ3) is 1.79. The van der Waals surface area contributed by atoms with Crippen molar-refractivity contribution in [2.45, 2.75) is 25.4 Å². The van der Waals surface area contributed by atoms with Crippen LogP contribution in [-0.4, -0.2) is 48.5 Å². The molecule has 108 valence electrons. The molecule has 5 N–H and O–H groups in total. The normalized spacial score (nSPS) is 30.1. The van der Waals surface area contributed by atoms with Gasteiger partial charge in [-0.05, 0) is 0 Å². The number of aromatic amines is 1. The first-order valence-electron chi connectivity index (χ1n) is 6.19. The average Bonchev–Trinajstić information content (AvgIpc) is 2.93. The van der Waals surface area contributed by atoms with E-state index in [4.69, 9.17) is 10.5 Å². The van der Waals surface area contributed by atoms with Crippen LogP contribution in [-0.2, 0) is 4.74 Å². The van der Waals surface area contributed by atoms with Gasteiger partial charge in [-0.3, -0.25) is 14.3 Å². The molecule has 0 spiro atoms. The van der Waals surface area contributed by atoms with E-state index in [1.807, 2.05) is 0 Å². The van der Waals surface area contributed by atoms with Crippen LogP contribution in [0.25, 0.3) is 11.2 Å². The Morgan fingerprint density at radius 1 is 1.60 bits per heavy atom. The summed E-state index contributed by atoms with van der Waals surface area (Å²) < 4.78 is 7.05. The standard InChI is InChI=1S/C11H15N5O4/c1-4-5(2-17)20-10(7(4)18)16-3-13-6-8(16)14-11(12)15-9(6)19/h3-5,7,10,17-18H,2H2,1H3,(H3,12,14,15,19)/t4?,5-,7-,10-/m1/s1. The van der Waals surface area contributed by atoms with Crippen molar-refractivity contribution in [3.05, 3.63) is 16.7 Å². The minimum absolute atomic E-state index is 0.0384. The quantitative estimate of drug-likeness (QED) is 0.530. The zero-order valence-corrected chi connectivity index (χ0v) is 10.7. The lowest BCUT2D eigenvalue weighted by atomic mass is 10.0. The highest BCUT2D eigenvalue weighted by molar-refractivity contribution is 5.70. The fourth-order valence-electron chi connectivity index (χ4n) is 2.43. The van der Waals surface area contributed by atoms with Crippen LogP contribution in [0.15, 0.2) is 11.1 Å². The van der Waals surface area contributed by atoms with E-state index in [0.29, 0.717) is 0 Å². The van der Waals surface area contributed by atoms with Crippen LogP contribution >= 0.6 is 0 Å². The molecule has 2 aromatic heterocycles. The van der Waals surface area contributed by atoms with Gasteiger partial charge in [-0.1, -0.05) is 6.92 Å². The molecule has 20 heavy (non-hydrogen) atoms. The molecule has 3 rings (SSSR count). The zero-order valence-electron chi connectivity index (χ0n) is 10.7. The monoisotopic (exact) mass is 281 g/mol. The Labute approximate surface area is 113 Å². The highest BCUT2D eigenvalue weighted by Crippen LogP contribution is 2.34. The van der Waals surface area contributed by atoms with Gasteiger partial charge >= 0.3 is 0 Å². The summed E-state index contributed by atoms with van der Waals surface area (Å²) in [5.74, 6) is -0.287. The Balaban J connectivity index is 2.09. The second-order valence-corrected chi connectivity index (χ2v) is 4.87. The minimum Gasteiger partial charge on any atom is -0.394 e. The van der Waals surface area contributed by atoms with Gasteiger partial charge in [0.2, 0.25) is 5.95 Å². The Morgan fingerprint density at radius 3 is 3.00 bits per heavy atom. The molecule has 0 radical (unpaired) electrons. The number of anilines is 1. The predicted octanol–water partition coefficient (Wildman–Crippen LogP) is -1.41. The van der Waals surface area contributed by atoms with Crippen molar-refractivity contribution in [3.63, 3.8) is 0 Å². The Kier molecular flexibility index (Phi) is 2.96. The Hall–Kier alpha value is -1.97. The molecule has 1 saturated heterocycles. The molecule has 1 aliphatic heterocycles. The number of aliphatic hydroxyl groups excluding tert-OH is 2. The fraction of sp³-hybridized carbons (Fsp3) is 0.545. The van der Waals surface area contributed by atoms with Crippen LogP contribution in [0.3, 0.4) is 0 Å². The van der Waals surface area contributed by atoms with E-state index in [1.165, 1.54) is 10.9 Å². The van der Waals surface area contributed by atoms with Crippen LogP contribution in [0.5, 0.6) is 0 Å². The summed E-state index contributed by atoms with van der Waals surface area (Å²) >= 11 is 0. The van der Waals surface area contributed by atoms with Crippen LogP contribution in [0.2, 0.25) is 0 Å². The van der Waals surface area contributed by atoms with Gasteiger partial charge < -0.3 is 20.7 Å². The number of hydrogen-bond donors (Lipinski definition) is 4. The van der Waals surface area contributed by atoms with Crippen molar-refractivity contribution in [1.82, 2.24) is 19.5 Å². The summed E-state index contributed by atoms with van der Waals surface area (Å²) in [4.78, 5) is 22.0. The molecule has 3 heterocycles. The first kappa shape index (κ1) is 13.0. The molecule has 9 heteroatoms. The molecule has 2 aromatic rings. The molecule has 0 aromatic carbocycles. The minimum atomic E-state index is -0.841. The van der Waals surface area contributed by atoms with E-state index in [1.54, 1.807) is 6.92 Å². The smallest absolute Gasteiger partial charge is 0.280 e. The first-order valence-corrected chi connectivity index (χ1v) is 6.19. The number of aliphatic hydroxyl groups is 2. The van der Waals surface area contributed by atoms with E-state index < -0.39 is 24.0 Å². The molecule has 0 saturated carbocycles. The van der Waals surface area contributed by atoms with Crippen LogP contribution in [0, 0.1) is 5.92 Å². The van der Waals surface area contributed by atoms with Crippen LogP contribution in [0.1, 0.15) is 13.2 Å². The number of nitrogens with one attached hydrogen (secondary N) is 1. The highest BCUT2D eigenvalue weighted by atomic mass is 16.5. The summed E-state index contributed by atoms with van der Waals surface area (Å²) in [6.07, 6.45) is -0.716. The molecule has 1 aliphatic rings. The number of aromatic nitrogens is 4. The number of nitrogens with two attached hydrogens (primary N) is 1. The third-order valence-electron chi connectivity index (χ3n) is 3.64. The topological polar surface area (TPSA) is 139 Å². The third-order valence-corrected chi connectivity index (χ3v) is 3.64. The number of nitrogen functional groups attached to an aromatic ring is 1. The van der Waals surface area contributed by atoms with Crippen molar-refractivity contribution < 1.29 is 14.9 Å². The van der Waals surface area contributed by atoms with Crippen molar-refractivity contribution >= 4 is 17.1 Å². The number of nitrogens with zero attached hydrogens (tertiary/aromatic N) is 3. The maximum atomic E-state index is 11.7. The summed E-state index contributed by atoms with van der Waals surface area (Å²) in [7, 11) is 0. The average molecular weight is 281 g/mol. The maximum absolute atomic E-state index is 11.7. The molecular weight excluding hydrogens is 266 g/mol. The summed E-state index contributed by atoms with van der Waals surface area (Å²) in [6.45, 7) is 1.58. The number of fused-ring (bicyclic) bond motifs is 1. The second kappa shape index (κ2) is 4.54. The van der Waals surface area contributed by atoms with Gasteiger partial charge in [0.15, 0.2) is 17.4 Å². The van der Waals surface area contributed by atoms with Crippen LogP contribution in [0.4, 0.5) is 5.95 Å². The number of ether oxygens (including phenoxy) is 1. The van der Waals surface area contributed by atoms with Crippen molar-refractivity contribution in [1.29, 1.82) is 0 Å².